The maximum atomic E-state index is 3.17. The summed E-state index contributed by atoms with van der Waals surface area (Å²) in [4.78, 5) is 1.40. The Labute approximate surface area is 78.6 Å². The fraction of sp³-hybridized carbons (Fsp3) is 0.400. The molecule has 0 aromatic heterocycles. The second kappa shape index (κ2) is 5.22. The summed E-state index contributed by atoms with van der Waals surface area (Å²) in [6, 6.07) is 8.54. The summed E-state index contributed by atoms with van der Waals surface area (Å²) in [6.45, 7) is 3.14. The fourth-order valence-electron chi connectivity index (χ4n) is 1.14. The van der Waals surface area contributed by atoms with Crippen LogP contribution in [-0.2, 0) is 6.54 Å². The van der Waals surface area contributed by atoms with E-state index in [-0.39, 0.29) is 0 Å². The predicted molar refractivity (Wildman–Crippen MR) is 55.6 cm³/mol. The molecule has 0 bridgehead atoms. The molecule has 66 valence electrons. The highest BCUT2D eigenvalue weighted by Gasteiger charge is 1.98. The molecular weight excluding hydrogens is 166 g/mol. The van der Waals surface area contributed by atoms with Crippen LogP contribution in [0.3, 0.4) is 0 Å². The third kappa shape index (κ3) is 2.54. The number of hydrogen-bond acceptors (Lipinski definition) is 2. The first-order valence-corrected chi connectivity index (χ1v) is 5.22. The third-order valence-electron chi connectivity index (χ3n) is 1.64. The molecule has 0 saturated carbocycles. The molecule has 0 spiro atoms. The largest absolute Gasteiger partial charge is 0.316 e. The van der Waals surface area contributed by atoms with Crippen molar-refractivity contribution in [3.8, 4) is 0 Å². The van der Waals surface area contributed by atoms with Gasteiger partial charge in [-0.15, -0.1) is 11.8 Å². The molecule has 0 unspecified atom stereocenters. The van der Waals surface area contributed by atoms with Gasteiger partial charge in [-0.1, -0.05) is 25.1 Å². The Balaban J connectivity index is 2.77. The molecule has 0 aliphatic carbocycles. The summed E-state index contributed by atoms with van der Waals surface area (Å²) in [6.07, 6.45) is 0. The van der Waals surface area contributed by atoms with Gasteiger partial charge in [-0.05, 0) is 24.4 Å². The van der Waals surface area contributed by atoms with Gasteiger partial charge in [-0.2, -0.15) is 0 Å². The Morgan fingerprint density at radius 2 is 2.08 bits per heavy atom. The Bertz CT molecular complexity index is 210. The van der Waals surface area contributed by atoms with E-state index in [1.165, 1.54) is 10.5 Å². The van der Waals surface area contributed by atoms with Gasteiger partial charge in [-0.3, -0.25) is 0 Å². The third-order valence-corrected chi connectivity index (χ3v) is 2.64. The standard InChI is InChI=1S/C10H15NS/c1-3-12-10-7-5-4-6-9(10)8-11-2/h4-7,11H,3,8H2,1-2H3. The highest BCUT2D eigenvalue weighted by atomic mass is 32.2. The highest BCUT2D eigenvalue weighted by Crippen LogP contribution is 2.21. The van der Waals surface area contributed by atoms with E-state index < -0.39 is 0 Å². The van der Waals surface area contributed by atoms with Crippen LogP contribution in [0.25, 0.3) is 0 Å². The minimum absolute atomic E-state index is 0.961. The maximum absolute atomic E-state index is 3.17. The molecule has 1 rings (SSSR count). The number of benzene rings is 1. The summed E-state index contributed by atoms with van der Waals surface area (Å²) in [5, 5.41) is 3.17. The Kier molecular flexibility index (Phi) is 4.19. The van der Waals surface area contributed by atoms with E-state index in [0.29, 0.717) is 0 Å². The van der Waals surface area contributed by atoms with Crippen LogP contribution in [0.1, 0.15) is 12.5 Å². The molecular formula is C10H15NS. The number of rotatable bonds is 4. The average Bonchev–Trinajstić information content (AvgIpc) is 2.09. The average molecular weight is 181 g/mol. The molecule has 0 fully saturated rings. The van der Waals surface area contributed by atoms with Gasteiger partial charge in [0, 0.05) is 11.4 Å². The van der Waals surface area contributed by atoms with Crippen molar-refractivity contribution < 1.29 is 0 Å². The molecule has 0 aliphatic rings. The SMILES string of the molecule is CCSc1ccccc1CNC. The zero-order chi connectivity index (χ0) is 8.81. The van der Waals surface area contributed by atoms with Gasteiger partial charge >= 0.3 is 0 Å². The lowest BCUT2D eigenvalue weighted by atomic mass is 10.2. The van der Waals surface area contributed by atoms with Crippen molar-refractivity contribution in [2.75, 3.05) is 12.8 Å². The van der Waals surface area contributed by atoms with Crippen LogP contribution in [0.4, 0.5) is 0 Å². The first kappa shape index (κ1) is 9.62. The first-order chi connectivity index (χ1) is 5.88. The molecule has 1 N–H and O–H groups in total. The van der Waals surface area contributed by atoms with Gasteiger partial charge in [0.15, 0.2) is 0 Å². The lowest BCUT2D eigenvalue weighted by Crippen LogP contribution is -2.05. The van der Waals surface area contributed by atoms with Crippen LogP contribution in [0, 0.1) is 0 Å². The number of hydrogen-bond donors (Lipinski definition) is 1. The second-order valence-electron chi connectivity index (χ2n) is 2.57. The van der Waals surface area contributed by atoms with Gasteiger partial charge < -0.3 is 5.32 Å². The maximum Gasteiger partial charge on any atom is 0.0213 e. The lowest BCUT2D eigenvalue weighted by molar-refractivity contribution is 0.803. The summed E-state index contributed by atoms with van der Waals surface area (Å²) in [5.74, 6) is 1.14. The Hall–Kier alpha value is -0.470. The minimum Gasteiger partial charge on any atom is -0.316 e. The molecule has 0 radical (unpaired) electrons. The summed E-state index contributed by atoms with van der Waals surface area (Å²) in [5.41, 5.74) is 1.40. The van der Waals surface area contributed by atoms with Gasteiger partial charge in [-0.25, -0.2) is 0 Å². The molecule has 0 atom stereocenters. The minimum atomic E-state index is 0.961. The van der Waals surface area contributed by atoms with Crippen molar-refractivity contribution in [2.45, 2.75) is 18.4 Å². The van der Waals surface area contributed by atoms with E-state index in [9.17, 15) is 0 Å². The first-order valence-electron chi connectivity index (χ1n) is 4.23. The molecule has 0 heterocycles. The molecule has 0 amide bonds. The summed E-state index contributed by atoms with van der Waals surface area (Å²) >= 11 is 1.90. The van der Waals surface area contributed by atoms with Crippen LogP contribution < -0.4 is 5.32 Å². The van der Waals surface area contributed by atoms with Gasteiger partial charge in [0.2, 0.25) is 0 Å². The topological polar surface area (TPSA) is 12.0 Å². The molecule has 0 saturated heterocycles. The smallest absolute Gasteiger partial charge is 0.0213 e. The quantitative estimate of drug-likeness (QED) is 0.716. The van der Waals surface area contributed by atoms with Crippen molar-refractivity contribution >= 4 is 11.8 Å². The van der Waals surface area contributed by atoms with E-state index in [1.807, 2.05) is 18.8 Å². The molecule has 12 heavy (non-hydrogen) atoms. The molecule has 1 aromatic rings. The van der Waals surface area contributed by atoms with E-state index in [2.05, 4.69) is 36.5 Å². The predicted octanol–water partition coefficient (Wildman–Crippen LogP) is 2.52. The van der Waals surface area contributed by atoms with Gasteiger partial charge in [0.05, 0.1) is 0 Å². The second-order valence-corrected chi connectivity index (χ2v) is 3.88. The molecule has 2 heteroatoms. The van der Waals surface area contributed by atoms with Crippen LogP contribution in [0.2, 0.25) is 0 Å². The van der Waals surface area contributed by atoms with E-state index in [1.54, 1.807) is 0 Å². The zero-order valence-corrected chi connectivity index (χ0v) is 8.45. The molecule has 1 aromatic carbocycles. The fourth-order valence-corrected chi connectivity index (χ4v) is 1.95. The van der Waals surface area contributed by atoms with Gasteiger partial charge in [0.1, 0.15) is 0 Å². The number of thioether (sulfide) groups is 1. The molecule has 1 nitrogen and oxygen atoms in total. The Morgan fingerprint density at radius 3 is 2.75 bits per heavy atom. The van der Waals surface area contributed by atoms with E-state index >= 15 is 0 Å². The van der Waals surface area contributed by atoms with E-state index in [4.69, 9.17) is 0 Å². The van der Waals surface area contributed by atoms with Crippen LogP contribution in [-0.4, -0.2) is 12.8 Å². The monoisotopic (exact) mass is 181 g/mol. The van der Waals surface area contributed by atoms with Gasteiger partial charge in [0.25, 0.3) is 0 Å². The Morgan fingerprint density at radius 1 is 1.33 bits per heavy atom. The number of nitrogens with one attached hydrogen (secondary N) is 1. The van der Waals surface area contributed by atoms with Crippen LogP contribution in [0.5, 0.6) is 0 Å². The van der Waals surface area contributed by atoms with Crippen molar-refractivity contribution in [3.05, 3.63) is 29.8 Å². The summed E-state index contributed by atoms with van der Waals surface area (Å²) < 4.78 is 0. The van der Waals surface area contributed by atoms with Crippen molar-refractivity contribution in [1.29, 1.82) is 0 Å². The van der Waals surface area contributed by atoms with E-state index in [0.717, 1.165) is 12.3 Å². The molecule has 0 aliphatic heterocycles. The van der Waals surface area contributed by atoms with Crippen molar-refractivity contribution in [2.24, 2.45) is 0 Å². The summed E-state index contributed by atoms with van der Waals surface area (Å²) in [7, 11) is 1.98. The normalized spacial score (nSPS) is 10.2. The zero-order valence-electron chi connectivity index (χ0n) is 7.63. The van der Waals surface area contributed by atoms with Crippen molar-refractivity contribution in [3.63, 3.8) is 0 Å². The van der Waals surface area contributed by atoms with Crippen LogP contribution >= 0.6 is 11.8 Å². The highest BCUT2D eigenvalue weighted by molar-refractivity contribution is 7.99. The lowest BCUT2D eigenvalue weighted by Gasteiger charge is -2.06. The van der Waals surface area contributed by atoms with Crippen LogP contribution in [0.15, 0.2) is 29.2 Å². The van der Waals surface area contributed by atoms with Crippen molar-refractivity contribution in [1.82, 2.24) is 5.32 Å².